The predicted molar refractivity (Wildman–Crippen MR) is 466 cm³/mol. The number of nitrogens with zero attached hydrogens (tertiary/aromatic N) is 4. The molecule has 57 heteroatoms. The SMILES string of the molecule is NC(=O)NC(CC(=O)O)C(=O)O.O=C(O)C(CSSC[C@@H](C(=O)O)N1C(=O)c2ccccc2C1=O)N1C(=O)c2ccccc2C1=O.O=C(O)C(O)C(=O)O.O=C(O)C1CC(=O)N(CCN2CC(C(=O)O)CC2=O)C1.O=C(O)C1OC1C(=O)O.O=C(O)CCSCSCCC(=O)O.O=C(O)CC[C@@H](NC(=O)COc1ccccc1)C(=O)N[C@@H](Cc1ccc(O)cc1)C(=O)O.O=C(O)[C@H]1CC[C@H]1C(=O)O. The van der Waals surface area contributed by atoms with Gasteiger partial charge in [-0.3, -0.25) is 86.5 Å². The number of ether oxygens (including phenoxy) is 2. The third-order valence-corrected chi connectivity index (χ3v) is 23.7. The summed E-state index contributed by atoms with van der Waals surface area (Å²) in [4.78, 5) is 280. The van der Waals surface area contributed by atoms with Crippen molar-refractivity contribution < 1.29 is 221 Å². The minimum Gasteiger partial charge on any atom is -0.508 e. The summed E-state index contributed by atoms with van der Waals surface area (Å²) in [6, 6.07) is 18.3. The Balaban J connectivity index is 0.000000431. The summed E-state index contributed by atoms with van der Waals surface area (Å²) in [7, 11) is 1.85. The van der Waals surface area contributed by atoms with E-state index >= 15 is 0 Å². The summed E-state index contributed by atoms with van der Waals surface area (Å²) in [6.07, 6.45) is -4.62. The van der Waals surface area contributed by atoms with E-state index in [4.69, 9.17) is 76.2 Å². The normalized spacial score (nSPS) is 17.5. The zero-order valence-electron chi connectivity index (χ0n) is 71.5. The van der Waals surface area contributed by atoms with Gasteiger partial charge in [0.2, 0.25) is 23.8 Å². The molecular weight excluding hydrogens is 1930 g/mol. The highest BCUT2D eigenvalue weighted by atomic mass is 33.1. The lowest BCUT2D eigenvalue weighted by Gasteiger charge is -2.29. The van der Waals surface area contributed by atoms with Crippen LogP contribution in [0.5, 0.6) is 11.5 Å². The van der Waals surface area contributed by atoms with E-state index in [0.717, 1.165) is 26.7 Å². The molecule has 5 heterocycles. The van der Waals surface area contributed by atoms with Gasteiger partial charge in [-0.2, -0.15) is 23.5 Å². The van der Waals surface area contributed by atoms with E-state index in [1.165, 1.54) is 81.9 Å². The van der Waals surface area contributed by atoms with Crippen molar-refractivity contribution >= 4 is 194 Å². The number of aliphatic hydroxyl groups is 1. The molecule has 6 unspecified atom stereocenters. The van der Waals surface area contributed by atoms with Gasteiger partial charge in [-0.05, 0) is 73.4 Å². The van der Waals surface area contributed by atoms with E-state index in [9.17, 15) is 140 Å². The molecule has 6 aliphatic rings. The van der Waals surface area contributed by atoms with Crippen molar-refractivity contribution in [1.29, 1.82) is 0 Å². The maximum atomic E-state index is 12.7. The zero-order chi connectivity index (χ0) is 104. The molecule has 138 heavy (non-hydrogen) atoms. The minimum atomic E-state index is -2.30. The number of carbonyl (C=O) groups excluding carboxylic acids is 9. The van der Waals surface area contributed by atoms with E-state index in [0.29, 0.717) is 45.5 Å². The molecule has 4 aromatic rings. The number of fused-ring (bicyclic) bond motifs is 2. The van der Waals surface area contributed by atoms with Crippen LogP contribution in [0.25, 0.3) is 0 Å². The molecule has 4 aromatic carbocycles. The first-order chi connectivity index (χ1) is 64.7. The first kappa shape index (κ1) is 117. The minimum absolute atomic E-state index is 0.0128. The van der Waals surface area contributed by atoms with Gasteiger partial charge in [0.25, 0.3) is 29.5 Å². The van der Waals surface area contributed by atoms with E-state index < -0.39 is 229 Å². The number of hydrogen-bond donors (Lipinski definition) is 22. The summed E-state index contributed by atoms with van der Waals surface area (Å²) in [6.45, 7) is 0.398. The Labute approximate surface area is 792 Å². The highest BCUT2D eigenvalue weighted by Gasteiger charge is 2.51. The van der Waals surface area contributed by atoms with Crippen molar-refractivity contribution in [1.82, 2.24) is 35.6 Å². The zero-order valence-corrected chi connectivity index (χ0v) is 74.7. The van der Waals surface area contributed by atoms with Gasteiger partial charge in [0.15, 0.2) is 18.8 Å². The molecule has 0 aromatic heterocycles. The Hall–Kier alpha value is -15.3. The number of aromatic hydroxyl groups is 1. The number of hydrogen-bond acceptors (Lipinski definition) is 33. The quantitative estimate of drug-likeness (QED) is 0.00645. The second-order valence-corrected chi connectivity index (χ2v) is 34.0. The van der Waals surface area contributed by atoms with Crippen LogP contribution >= 0.6 is 45.1 Å². The number of benzene rings is 4. The molecule has 23 N–H and O–H groups in total. The van der Waals surface area contributed by atoms with Gasteiger partial charge < -0.3 is 133 Å². The lowest BCUT2D eigenvalue weighted by Crippen LogP contribution is -2.53. The fourth-order valence-corrected chi connectivity index (χ4v) is 16.2. The number of carbonyl (C=O) groups is 25. The van der Waals surface area contributed by atoms with E-state index in [1.807, 2.05) is 0 Å². The molecule has 11 atom stereocenters. The first-order valence-electron chi connectivity index (χ1n) is 39.7. The number of aliphatic hydroxyl groups excluding tert-OH is 1. The van der Waals surface area contributed by atoms with Gasteiger partial charge in [0, 0.05) is 80.0 Å². The van der Waals surface area contributed by atoms with Crippen LogP contribution in [-0.4, -0.2) is 370 Å². The Morgan fingerprint density at radius 3 is 1.12 bits per heavy atom. The molecule has 10 amide bonds. The monoisotopic (exact) mass is 2020 g/mol. The summed E-state index contributed by atoms with van der Waals surface area (Å²) >= 11 is 3.04. The third kappa shape index (κ3) is 40.1. The smallest absolute Gasteiger partial charge is 0.344 e. The fraction of sp³-hybridized carbons (Fsp3) is 0.395. The number of thioether (sulfide) groups is 2. The average Bonchev–Trinajstić information content (AvgIpc) is 1.62. The molecule has 1 saturated carbocycles. The second kappa shape index (κ2) is 58.1. The molecule has 1 aliphatic carbocycles. The van der Waals surface area contributed by atoms with Crippen LogP contribution in [0.15, 0.2) is 103 Å². The molecule has 750 valence electrons. The van der Waals surface area contributed by atoms with Crippen LogP contribution in [0.3, 0.4) is 0 Å². The van der Waals surface area contributed by atoms with Crippen molar-refractivity contribution in [2.45, 2.75) is 113 Å². The van der Waals surface area contributed by atoms with Crippen LogP contribution in [0.4, 0.5) is 4.79 Å². The van der Waals surface area contributed by atoms with E-state index in [1.54, 1.807) is 59.9 Å². The summed E-state index contributed by atoms with van der Waals surface area (Å²) in [5, 5.41) is 161. The second-order valence-electron chi connectivity index (χ2n) is 28.8. The Morgan fingerprint density at radius 1 is 0.435 bits per heavy atom. The van der Waals surface area contributed by atoms with Gasteiger partial charge in [-0.25, -0.2) is 43.2 Å². The van der Waals surface area contributed by atoms with E-state index in [2.05, 4.69) is 21.1 Å². The van der Waals surface area contributed by atoms with Gasteiger partial charge in [-0.15, -0.1) is 0 Å². The molecule has 0 spiro atoms. The van der Waals surface area contributed by atoms with E-state index in [-0.39, 0.29) is 116 Å². The van der Waals surface area contributed by atoms with Crippen molar-refractivity contribution in [2.24, 2.45) is 29.4 Å². The molecule has 0 bridgehead atoms. The van der Waals surface area contributed by atoms with Gasteiger partial charge >= 0.3 is 102 Å². The van der Waals surface area contributed by atoms with Crippen molar-refractivity contribution in [3.63, 3.8) is 0 Å². The Bertz CT molecular complexity index is 4850. The molecule has 53 nitrogen and oxygen atoms in total. The molecule has 0 radical (unpaired) electrons. The summed E-state index contributed by atoms with van der Waals surface area (Å²) in [5.41, 5.74) is 5.63. The number of imide groups is 2. The lowest BCUT2D eigenvalue weighted by atomic mass is 9.74. The van der Waals surface area contributed by atoms with Crippen LogP contribution in [-0.2, 0) is 107 Å². The van der Waals surface area contributed by atoms with Crippen molar-refractivity contribution in [3.05, 3.63) is 131 Å². The Kier molecular flexibility index (Phi) is 49.3. The van der Waals surface area contributed by atoms with Crippen LogP contribution in [0.1, 0.15) is 105 Å². The Morgan fingerprint density at radius 2 is 0.819 bits per heavy atom. The molecule has 10 rings (SSSR count). The number of phenols is 1. The number of rotatable bonds is 44. The van der Waals surface area contributed by atoms with Gasteiger partial charge in [0.05, 0.1) is 65.2 Å². The van der Waals surface area contributed by atoms with Crippen LogP contribution in [0, 0.1) is 23.7 Å². The van der Waals surface area contributed by atoms with Crippen molar-refractivity contribution in [3.8, 4) is 11.5 Å². The highest BCUT2D eigenvalue weighted by Crippen LogP contribution is 2.36. The number of amides is 10. The maximum absolute atomic E-state index is 12.7. The topological polar surface area (TPSA) is 888 Å². The first-order valence-corrected chi connectivity index (χ1v) is 44.5. The van der Waals surface area contributed by atoms with Crippen LogP contribution in [0.2, 0.25) is 0 Å². The number of para-hydroxylation sites is 1. The molecule has 4 fully saturated rings. The third-order valence-electron chi connectivity index (χ3n) is 19.0. The molecule has 3 saturated heterocycles. The number of epoxide rings is 1. The standard InChI is InChI=1S/C22H16N2O8S2.C22H24N2O8.C12H16N2O6.C7H12O4S2.C6H8O4.C5H8N2O5.C4H4O5.C3H4O5/c25-17-11-5-1-2-6-12(11)18(26)23(17)15(21(29)30)9-33-34-10-16(22(31)32)24-19(27)13-7-3-4-8-14(13)20(24)28;25-15-8-6-14(7-9-15)12-18(22(30)31)24-21(29)17(10-11-20(27)28)23-19(26)13-32-16-4-2-1-3-5-16;15-9-3-7(11(17)18)5-13(9)1-2-14-6-8(12(19)20)4-10(14)16;8-6(9)1-3-12-5-13-4-2-7(10)11;7-5(8)3-1-2-4(3)6(9)10;6-5(12)7-2(4(10)11)1-3(8)9;5-3(6)1-2(9-1)4(7)8;4-1(2(5)6)3(7)8/h1-8,15-16H,9-10H2,(H,29,30)(H,31,32);1-9,17-18,25H,10-13H2,(H,23,26)(H,24,29)(H,27,28)(H,30,31);7-8H,1-6H2,(H,17,18)(H,19,20);1-5H2,(H,8,9)(H,10,11);3-4H,1-2H2,(H,7,8)(H,9,10);2H,1H2,(H,8,9)(H,10,11)(H3,6,7,12);1-2H,(H,5,6)(H,7,8);1,4H,(H,5,6)(H,7,8)/t15-,16?;17-,18+;;;3-,4+;;;/m01....../s1. The van der Waals surface area contributed by atoms with Crippen LogP contribution < -0.4 is 26.4 Å². The number of nitrogens with one attached hydrogen (secondary N) is 3. The fourth-order valence-electron chi connectivity index (χ4n) is 11.8. The number of aliphatic carboxylic acids is 16. The number of carboxylic acids is 16. The highest BCUT2D eigenvalue weighted by molar-refractivity contribution is 8.76. The number of phenolic OH excluding ortho intramolecular Hbond substituents is 1. The molecule has 5 aliphatic heterocycles. The predicted octanol–water partition coefficient (Wildman–Crippen LogP) is -0.785. The van der Waals surface area contributed by atoms with Crippen molar-refractivity contribution in [2.75, 3.05) is 60.9 Å². The number of primary amides is 1. The largest absolute Gasteiger partial charge is 0.508 e. The van der Waals surface area contributed by atoms with Gasteiger partial charge in [0.1, 0.15) is 41.7 Å². The number of likely N-dealkylation sites (tertiary alicyclic amines) is 2. The lowest BCUT2D eigenvalue weighted by molar-refractivity contribution is -0.161. The number of nitrogens with two attached hydrogens (primary N) is 1. The number of urea groups is 1. The average molecular weight is 2030 g/mol. The maximum Gasteiger partial charge on any atom is 0.344 e. The number of carboxylic acid groups (broad SMARTS) is 16. The van der Waals surface area contributed by atoms with Gasteiger partial charge in [-0.1, -0.05) is 76.2 Å². The summed E-state index contributed by atoms with van der Waals surface area (Å²) < 4.78 is 9.55. The summed E-state index contributed by atoms with van der Waals surface area (Å²) in [5.74, 6) is -25.8. The molecular formula is C81H92N8O45S4.